The summed E-state index contributed by atoms with van der Waals surface area (Å²) < 4.78 is 11.4. The van der Waals surface area contributed by atoms with Gasteiger partial charge in [0.05, 0.1) is 31.8 Å². The standard InChI is InChI=1S/C20H26N2O4/c1-14-4-2-3-5-17(14)20(24)22-12-15-10-16(26-18(15)13-22)11-19(23)21-6-8-25-9-7-21/h2-5,15-16,18H,6-13H2,1H3/t15-,16-,18+/m0/s1. The molecule has 0 bridgehead atoms. The molecule has 140 valence electrons. The van der Waals surface area contributed by atoms with Gasteiger partial charge in [-0.25, -0.2) is 0 Å². The van der Waals surface area contributed by atoms with E-state index in [1.165, 1.54) is 0 Å². The van der Waals surface area contributed by atoms with Crippen LogP contribution in [0.2, 0.25) is 0 Å². The van der Waals surface area contributed by atoms with Crippen LogP contribution < -0.4 is 0 Å². The molecule has 3 aliphatic rings. The molecule has 0 aromatic heterocycles. The Morgan fingerprint density at radius 3 is 2.62 bits per heavy atom. The quantitative estimate of drug-likeness (QED) is 0.821. The zero-order chi connectivity index (χ0) is 18.1. The van der Waals surface area contributed by atoms with Gasteiger partial charge in [-0.3, -0.25) is 9.59 Å². The molecular weight excluding hydrogens is 332 g/mol. The minimum atomic E-state index is -0.0175. The molecule has 26 heavy (non-hydrogen) atoms. The number of fused-ring (bicyclic) bond motifs is 1. The van der Waals surface area contributed by atoms with Crippen molar-refractivity contribution in [1.82, 2.24) is 9.80 Å². The number of carbonyl (C=O) groups excluding carboxylic acids is 2. The first-order chi connectivity index (χ1) is 12.6. The summed E-state index contributed by atoms with van der Waals surface area (Å²) >= 11 is 0. The SMILES string of the molecule is Cc1ccccc1C(=O)N1C[C@@H]2C[C@@H](CC(=O)N3CCOCC3)O[C@@H]2C1. The van der Waals surface area contributed by atoms with Crippen molar-refractivity contribution >= 4 is 11.8 Å². The first-order valence-corrected chi connectivity index (χ1v) is 9.47. The van der Waals surface area contributed by atoms with Crippen molar-refractivity contribution in [2.45, 2.75) is 32.0 Å². The molecule has 6 heteroatoms. The molecule has 3 fully saturated rings. The second kappa shape index (κ2) is 7.37. The lowest BCUT2D eigenvalue weighted by Gasteiger charge is -2.28. The Kier molecular flexibility index (Phi) is 4.96. The molecule has 2 amide bonds. The summed E-state index contributed by atoms with van der Waals surface area (Å²) in [5, 5.41) is 0. The third-order valence-electron chi connectivity index (χ3n) is 5.74. The predicted molar refractivity (Wildman–Crippen MR) is 95.9 cm³/mol. The van der Waals surface area contributed by atoms with Crippen LogP contribution in [0.15, 0.2) is 24.3 Å². The van der Waals surface area contributed by atoms with Crippen molar-refractivity contribution in [2.24, 2.45) is 5.92 Å². The molecule has 3 atom stereocenters. The van der Waals surface area contributed by atoms with Crippen LogP contribution in [0.1, 0.15) is 28.8 Å². The highest BCUT2D eigenvalue weighted by Crippen LogP contribution is 2.35. The third kappa shape index (κ3) is 3.48. The predicted octanol–water partition coefficient (Wildman–Crippen LogP) is 1.47. The number of carbonyl (C=O) groups is 2. The molecule has 0 spiro atoms. The maximum Gasteiger partial charge on any atom is 0.254 e. The van der Waals surface area contributed by atoms with Crippen LogP contribution in [-0.4, -0.2) is 73.2 Å². The molecule has 6 nitrogen and oxygen atoms in total. The fourth-order valence-corrected chi connectivity index (χ4v) is 4.28. The van der Waals surface area contributed by atoms with E-state index in [-0.39, 0.29) is 24.0 Å². The van der Waals surface area contributed by atoms with Gasteiger partial charge in [0, 0.05) is 37.7 Å². The van der Waals surface area contributed by atoms with Crippen LogP contribution >= 0.6 is 0 Å². The summed E-state index contributed by atoms with van der Waals surface area (Å²) in [5.41, 5.74) is 1.77. The maximum atomic E-state index is 12.8. The summed E-state index contributed by atoms with van der Waals surface area (Å²) in [6.07, 6.45) is 1.35. The Morgan fingerprint density at radius 1 is 1.12 bits per heavy atom. The van der Waals surface area contributed by atoms with Gasteiger partial charge in [-0.05, 0) is 25.0 Å². The molecule has 0 saturated carbocycles. The summed E-state index contributed by atoms with van der Waals surface area (Å²) in [5.74, 6) is 0.582. The zero-order valence-electron chi connectivity index (χ0n) is 15.2. The Hall–Kier alpha value is -1.92. The number of ether oxygens (including phenoxy) is 2. The average molecular weight is 358 g/mol. The smallest absolute Gasteiger partial charge is 0.254 e. The molecule has 4 rings (SSSR count). The number of hydrogen-bond acceptors (Lipinski definition) is 4. The van der Waals surface area contributed by atoms with Gasteiger partial charge in [0.2, 0.25) is 5.91 Å². The van der Waals surface area contributed by atoms with Crippen LogP contribution in [0.5, 0.6) is 0 Å². The van der Waals surface area contributed by atoms with Crippen LogP contribution in [0.3, 0.4) is 0 Å². The van der Waals surface area contributed by atoms with E-state index in [0.29, 0.717) is 45.2 Å². The molecule has 0 unspecified atom stereocenters. The molecule has 3 aliphatic heterocycles. The fourth-order valence-electron chi connectivity index (χ4n) is 4.28. The van der Waals surface area contributed by atoms with E-state index in [2.05, 4.69) is 0 Å². The van der Waals surface area contributed by atoms with Crippen LogP contribution in [0, 0.1) is 12.8 Å². The summed E-state index contributed by atoms with van der Waals surface area (Å²) in [7, 11) is 0. The van der Waals surface area contributed by atoms with Crippen molar-refractivity contribution in [2.75, 3.05) is 39.4 Å². The summed E-state index contributed by atoms with van der Waals surface area (Å²) in [6.45, 7) is 5.92. The van der Waals surface area contributed by atoms with Crippen molar-refractivity contribution in [3.8, 4) is 0 Å². The van der Waals surface area contributed by atoms with Crippen molar-refractivity contribution in [3.63, 3.8) is 0 Å². The Balaban J connectivity index is 1.31. The molecular formula is C20H26N2O4. The molecule has 0 aliphatic carbocycles. The zero-order valence-corrected chi connectivity index (χ0v) is 15.2. The fraction of sp³-hybridized carbons (Fsp3) is 0.600. The van der Waals surface area contributed by atoms with Crippen LogP contribution in [0.4, 0.5) is 0 Å². The Morgan fingerprint density at radius 2 is 1.88 bits per heavy atom. The van der Waals surface area contributed by atoms with Crippen LogP contribution in [-0.2, 0) is 14.3 Å². The summed E-state index contributed by atoms with van der Waals surface area (Å²) in [4.78, 5) is 28.9. The van der Waals surface area contributed by atoms with Gasteiger partial charge in [-0.2, -0.15) is 0 Å². The van der Waals surface area contributed by atoms with Gasteiger partial charge in [0.15, 0.2) is 0 Å². The first kappa shape index (κ1) is 17.5. The minimum absolute atomic E-state index is 0.0175. The molecule has 1 aromatic carbocycles. The van der Waals surface area contributed by atoms with Gasteiger partial charge >= 0.3 is 0 Å². The second-order valence-corrected chi connectivity index (χ2v) is 7.51. The highest BCUT2D eigenvalue weighted by atomic mass is 16.5. The Bertz CT molecular complexity index is 672. The van der Waals surface area contributed by atoms with Crippen molar-refractivity contribution in [1.29, 1.82) is 0 Å². The third-order valence-corrected chi connectivity index (χ3v) is 5.74. The van der Waals surface area contributed by atoms with Gasteiger partial charge in [-0.15, -0.1) is 0 Å². The number of rotatable bonds is 3. The van der Waals surface area contributed by atoms with Crippen molar-refractivity contribution < 1.29 is 19.1 Å². The molecule has 0 radical (unpaired) electrons. The van der Waals surface area contributed by atoms with E-state index in [1.807, 2.05) is 41.0 Å². The topological polar surface area (TPSA) is 59.1 Å². The largest absolute Gasteiger partial charge is 0.378 e. The number of hydrogen-bond donors (Lipinski definition) is 0. The number of amides is 2. The lowest BCUT2D eigenvalue weighted by atomic mass is 10.0. The lowest BCUT2D eigenvalue weighted by Crippen LogP contribution is -2.42. The normalized spacial score (nSPS) is 28.3. The molecule has 1 aromatic rings. The minimum Gasteiger partial charge on any atom is -0.378 e. The number of likely N-dealkylation sites (tertiary alicyclic amines) is 1. The first-order valence-electron chi connectivity index (χ1n) is 9.47. The number of morpholine rings is 1. The second-order valence-electron chi connectivity index (χ2n) is 7.51. The van der Waals surface area contributed by atoms with E-state index in [9.17, 15) is 9.59 Å². The summed E-state index contributed by atoms with van der Waals surface area (Å²) in [6, 6.07) is 7.70. The van der Waals surface area contributed by atoms with E-state index < -0.39 is 0 Å². The van der Waals surface area contributed by atoms with Gasteiger partial charge in [0.25, 0.3) is 5.91 Å². The number of benzene rings is 1. The van der Waals surface area contributed by atoms with Gasteiger partial charge in [-0.1, -0.05) is 18.2 Å². The number of aryl methyl sites for hydroxylation is 1. The van der Waals surface area contributed by atoms with E-state index in [4.69, 9.17) is 9.47 Å². The van der Waals surface area contributed by atoms with E-state index >= 15 is 0 Å². The molecule has 3 saturated heterocycles. The maximum absolute atomic E-state index is 12.8. The highest BCUT2D eigenvalue weighted by Gasteiger charge is 2.44. The van der Waals surface area contributed by atoms with Gasteiger partial charge in [0.1, 0.15) is 0 Å². The monoisotopic (exact) mass is 358 g/mol. The van der Waals surface area contributed by atoms with Crippen LogP contribution in [0.25, 0.3) is 0 Å². The molecule has 0 N–H and O–H groups in total. The number of nitrogens with zero attached hydrogens (tertiary/aromatic N) is 2. The van der Waals surface area contributed by atoms with E-state index in [1.54, 1.807) is 0 Å². The van der Waals surface area contributed by atoms with Gasteiger partial charge < -0.3 is 19.3 Å². The van der Waals surface area contributed by atoms with E-state index in [0.717, 1.165) is 24.1 Å². The Labute approximate surface area is 154 Å². The average Bonchev–Trinajstić information content (AvgIpc) is 3.21. The molecule has 3 heterocycles. The van der Waals surface area contributed by atoms with Crippen molar-refractivity contribution in [3.05, 3.63) is 35.4 Å². The highest BCUT2D eigenvalue weighted by molar-refractivity contribution is 5.95. The lowest BCUT2D eigenvalue weighted by molar-refractivity contribution is -0.138.